The second-order valence-corrected chi connectivity index (χ2v) is 9.15. The third-order valence-electron chi connectivity index (χ3n) is 7.18. The van der Waals surface area contributed by atoms with Crippen molar-refractivity contribution in [1.82, 2.24) is 24.8 Å². The molecule has 176 valence electrons. The number of ether oxygens (including phenoxy) is 1. The monoisotopic (exact) mass is 462 g/mol. The second kappa shape index (κ2) is 8.62. The van der Waals surface area contributed by atoms with Gasteiger partial charge in [0.1, 0.15) is 11.6 Å². The zero-order chi connectivity index (χ0) is 23.9. The second-order valence-electron chi connectivity index (χ2n) is 9.15. The molecule has 8 nitrogen and oxygen atoms in total. The summed E-state index contributed by atoms with van der Waals surface area (Å²) in [6, 6.07) is 5.51. The van der Waals surface area contributed by atoms with Crippen LogP contribution in [0.1, 0.15) is 36.1 Å². The average Bonchev–Trinajstić information content (AvgIpc) is 3.43. The highest BCUT2D eigenvalue weighted by Crippen LogP contribution is 2.60. The number of amides is 1. The highest BCUT2D eigenvalue weighted by atomic mass is 19.1. The van der Waals surface area contributed by atoms with Crippen LogP contribution in [-0.4, -0.2) is 50.4 Å². The van der Waals surface area contributed by atoms with E-state index in [2.05, 4.69) is 19.9 Å². The molecule has 34 heavy (non-hydrogen) atoms. The van der Waals surface area contributed by atoms with Crippen LogP contribution in [0, 0.1) is 18.2 Å². The van der Waals surface area contributed by atoms with E-state index in [1.54, 1.807) is 18.5 Å². The summed E-state index contributed by atoms with van der Waals surface area (Å²) >= 11 is 0. The average molecular weight is 463 g/mol. The number of rotatable bonds is 7. The summed E-state index contributed by atoms with van der Waals surface area (Å²) in [4.78, 5) is 31.9. The van der Waals surface area contributed by atoms with Gasteiger partial charge in [0.2, 0.25) is 11.8 Å². The highest BCUT2D eigenvalue weighted by Gasteiger charge is 2.61. The van der Waals surface area contributed by atoms with Gasteiger partial charge in [-0.2, -0.15) is 0 Å². The molecule has 0 spiro atoms. The Kier molecular flexibility index (Phi) is 5.63. The fraction of sp³-hybridized carbons (Fsp3) is 0.400. The zero-order valence-electron chi connectivity index (χ0n) is 19.3. The van der Waals surface area contributed by atoms with Crippen molar-refractivity contribution >= 4 is 11.7 Å². The number of carbonyl (C=O) groups is 1. The minimum absolute atomic E-state index is 0.00651. The molecule has 1 unspecified atom stereocenters. The van der Waals surface area contributed by atoms with Crippen LogP contribution < -0.4 is 10.5 Å². The minimum Gasteiger partial charge on any atom is -0.481 e. The van der Waals surface area contributed by atoms with Gasteiger partial charge in [0.05, 0.1) is 25.4 Å². The first-order valence-corrected chi connectivity index (χ1v) is 11.4. The molecule has 0 bridgehead atoms. The van der Waals surface area contributed by atoms with Crippen LogP contribution in [-0.2, 0) is 17.6 Å². The van der Waals surface area contributed by atoms with Crippen molar-refractivity contribution in [2.75, 3.05) is 19.4 Å². The number of halogens is 1. The van der Waals surface area contributed by atoms with Crippen LogP contribution in [0.25, 0.3) is 11.4 Å². The van der Waals surface area contributed by atoms with Gasteiger partial charge in [0.25, 0.3) is 0 Å². The zero-order valence-corrected chi connectivity index (χ0v) is 19.3. The molecule has 0 aromatic carbocycles. The molecule has 1 saturated heterocycles. The first-order valence-electron chi connectivity index (χ1n) is 11.4. The fourth-order valence-electron chi connectivity index (χ4n) is 5.11. The van der Waals surface area contributed by atoms with Crippen LogP contribution in [0.15, 0.2) is 36.8 Å². The summed E-state index contributed by atoms with van der Waals surface area (Å²) in [5.74, 6) is 0.913. The number of hydrogen-bond donors (Lipinski definition) is 1. The fourth-order valence-corrected chi connectivity index (χ4v) is 5.11. The molecule has 2 atom stereocenters. The van der Waals surface area contributed by atoms with E-state index in [9.17, 15) is 9.18 Å². The third-order valence-corrected chi connectivity index (χ3v) is 7.18. The number of aryl methyl sites for hydroxylation is 2. The lowest BCUT2D eigenvalue weighted by Crippen LogP contribution is -2.32. The van der Waals surface area contributed by atoms with Gasteiger partial charge in [-0.1, -0.05) is 0 Å². The molecule has 2 N–H and O–H groups in total. The molecule has 2 fully saturated rings. The lowest BCUT2D eigenvalue weighted by Gasteiger charge is -2.18. The highest BCUT2D eigenvalue weighted by molar-refractivity contribution is 5.80. The summed E-state index contributed by atoms with van der Waals surface area (Å²) in [6.45, 7) is 2.60. The predicted molar refractivity (Wildman–Crippen MR) is 124 cm³/mol. The molecule has 1 aliphatic carbocycles. The maximum absolute atomic E-state index is 14.2. The quantitative estimate of drug-likeness (QED) is 0.575. The largest absolute Gasteiger partial charge is 0.481 e. The van der Waals surface area contributed by atoms with Crippen LogP contribution in [0.2, 0.25) is 0 Å². The number of piperidine rings is 1. The normalized spacial score (nSPS) is 20.8. The number of likely N-dealkylation sites (tertiary alicyclic amines) is 1. The summed E-state index contributed by atoms with van der Waals surface area (Å²) in [6.07, 6.45) is 8.13. The van der Waals surface area contributed by atoms with Crippen LogP contribution in [0.5, 0.6) is 5.88 Å². The minimum atomic E-state index is -0.490. The molecule has 1 aliphatic heterocycles. The van der Waals surface area contributed by atoms with Gasteiger partial charge in [-0.3, -0.25) is 4.79 Å². The number of anilines is 1. The molecule has 1 amide bonds. The molecule has 3 aromatic heterocycles. The molecule has 5 rings (SSSR count). The standard InChI is InChI=1S/C25H27FN6O2/c1-15-18(24-28-7-3-8-29-24)10-16(23(27)31-15)4-5-25-6-9-32(20(25)13-25)22(33)12-17-11-21(34-2)30-14-19(17)26/h3,7-8,10-11,14,20H,4-6,9,12-13H2,1-2H3,(H2,27,31)/t20?,25-/m1/s1. The van der Waals surface area contributed by atoms with Gasteiger partial charge >= 0.3 is 0 Å². The summed E-state index contributed by atoms with van der Waals surface area (Å²) < 4.78 is 19.2. The Bertz CT molecular complexity index is 1240. The number of nitrogens with two attached hydrogens (primary N) is 1. The number of fused-ring (bicyclic) bond motifs is 1. The van der Waals surface area contributed by atoms with Crippen LogP contribution in [0.3, 0.4) is 0 Å². The maximum atomic E-state index is 14.2. The van der Waals surface area contributed by atoms with Crippen LogP contribution in [0.4, 0.5) is 10.2 Å². The van der Waals surface area contributed by atoms with E-state index in [0.717, 1.165) is 48.7 Å². The number of methoxy groups -OCH3 is 1. The molecule has 9 heteroatoms. The first kappa shape index (κ1) is 22.2. The summed E-state index contributed by atoms with van der Waals surface area (Å²) in [5, 5.41) is 0. The Morgan fingerprint density at radius 3 is 2.79 bits per heavy atom. The van der Waals surface area contributed by atoms with Crippen molar-refractivity contribution in [3.63, 3.8) is 0 Å². The molecule has 4 heterocycles. The summed E-state index contributed by atoms with van der Waals surface area (Å²) in [5.41, 5.74) is 9.31. The van der Waals surface area contributed by atoms with E-state index >= 15 is 0 Å². The molecular formula is C25H27FN6O2. The van der Waals surface area contributed by atoms with Crippen molar-refractivity contribution < 1.29 is 13.9 Å². The topological polar surface area (TPSA) is 107 Å². The van der Waals surface area contributed by atoms with E-state index in [0.29, 0.717) is 29.6 Å². The molecule has 3 aromatic rings. The van der Waals surface area contributed by atoms with Crippen molar-refractivity contribution in [2.24, 2.45) is 5.41 Å². The van der Waals surface area contributed by atoms with Gasteiger partial charge in [0.15, 0.2) is 5.82 Å². The third kappa shape index (κ3) is 4.06. The molecule has 2 aliphatic rings. The van der Waals surface area contributed by atoms with E-state index in [1.807, 2.05) is 17.9 Å². The lowest BCUT2D eigenvalue weighted by atomic mass is 9.94. The van der Waals surface area contributed by atoms with Crippen molar-refractivity contribution in [3.05, 3.63) is 59.4 Å². The SMILES string of the molecule is COc1cc(CC(=O)N2CC[C@]3(CCc4cc(-c5ncccn5)c(C)nc4N)CC23)c(F)cn1. The van der Waals surface area contributed by atoms with Crippen LogP contribution >= 0.6 is 0 Å². The number of pyridine rings is 2. The number of hydrogen-bond acceptors (Lipinski definition) is 7. The lowest BCUT2D eigenvalue weighted by molar-refractivity contribution is -0.130. The Balaban J connectivity index is 1.25. The number of aromatic nitrogens is 4. The summed E-state index contributed by atoms with van der Waals surface area (Å²) in [7, 11) is 1.47. The number of carbonyl (C=O) groups excluding carboxylic acids is 1. The maximum Gasteiger partial charge on any atom is 0.227 e. The smallest absolute Gasteiger partial charge is 0.227 e. The molecule has 0 radical (unpaired) electrons. The van der Waals surface area contributed by atoms with Gasteiger partial charge < -0.3 is 15.4 Å². The van der Waals surface area contributed by atoms with Gasteiger partial charge in [0, 0.05) is 42.2 Å². The van der Waals surface area contributed by atoms with Crippen molar-refractivity contribution in [1.29, 1.82) is 0 Å². The number of nitrogen functional groups attached to an aromatic ring is 1. The van der Waals surface area contributed by atoms with E-state index in [-0.39, 0.29) is 23.8 Å². The Hall–Kier alpha value is -3.62. The van der Waals surface area contributed by atoms with Gasteiger partial charge in [-0.05, 0) is 55.7 Å². The number of nitrogens with zero attached hydrogens (tertiary/aromatic N) is 5. The van der Waals surface area contributed by atoms with E-state index < -0.39 is 5.82 Å². The van der Waals surface area contributed by atoms with Crippen molar-refractivity contribution in [3.8, 4) is 17.3 Å². The molecular weight excluding hydrogens is 435 g/mol. The van der Waals surface area contributed by atoms with E-state index in [4.69, 9.17) is 10.5 Å². The van der Waals surface area contributed by atoms with Gasteiger partial charge in [-0.15, -0.1) is 0 Å². The predicted octanol–water partition coefficient (Wildman–Crippen LogP) is 3.14. The van der Waals surface area contributed by atoms with Crippen molar-refractivity contribution in [2.45, 2.75) is 45.1 Å². The van der Waals surface area contributed by atoms with Gasteiger partial charge in [-0.25, -0.2) is 24.3 Å². The Morgan fingerprint density at radius 1 is 1.26 bits per heavy atom. The molecule has 1 saturated carbocycles. The van der Waals surface area contributed by atoms with E-state index in [1.165, 1.54) is 13.2 Å². The Morgan fingerprint density at radius 2 is 2.06 bits per heavy atom. The first-order chi connectivity index (χ1) is 16.4. The Labute approximate surface area is 197 Å².